The van der Waals surface area contributed by atoms with Gasteiger partial charge in [-0.2, -0.15) is 13.2 Å². The van der Waals surface area contributed by atoms with Gasteiger partial charge in [-0.3, -0.25) is 0 Å². The van der Waals surface area contributed by atoms with E-state index in [1.165, 1.54) is 18.2 Å². The van der Waals surface area contributed by atoms with Gasteiger partial charge in [-0.05, 0) is 24.6 Å². The third-order valence-electron chi connectivity index (χ3n) is 2.55. The molecule has 4 nitrogen and oxygen atoms in total. The Hall–Kier alpha value is -1.63. The van der Waals surface area contributed by atoms with E-state index < -0.39 is 12.7 Å². The number of oxime groups is 1. The Morgan fingerprint density at radius 3 is 2.60 bits per heavy atom. The maximum absolute atomic E-state index is 12.6. The Balaban J connectivity index is 3.25. The van der Waals surface area contributed by atoms with Crippen LogP contribution in [0.3, 0.4) is 0 Å². The molecule has 1 aromatic carbocycles. The van der Waals surface area contributed by atoms with Gasteiger partial charge in [0.15, 0.2) is 5.84 Å². The van der Waals surface area contributed by atoms with Crippen molar-refractivity contribution in [1.29, 1.82) is 0 Å². The van der Waals surface area contributed by atoms with Gasteiger partial charge in [-0.1, -0.05) is 23.7 Å². The van der Waals surface area contributed by atoms with Gasteiger partial charge in [0, 0.05) is 22.8 Å². The molecule has 0 spiro atoms. The first-order valence-electron chi connectivity index (χ1n) is 5.87. The summed E-state index contributed by atoms with van der Waals surface area (Å²) < 4.78 is 37.9. The van der Waals surface area contributed by atoms with Gasteiger partial charge in [-0.15, -0.1) is 0 Å². The molecular weight excluding hydrogens is 295 g/mol. The van der Waals surface area contributed by atoms with E-state index in [1.807, 2.05) is 0 Å². The van der Waals surface area contributed by atoms with Crippen LogP contribution in [-0.4, -0.2) is 30.3 Å². The number of anilines is 1. The number of nitrogens with two attached hydrogens (primary N) is 1. The van der Waals surface area contributed by atoms with Crippen LogP contribution in [0.1, 0.15) is 18.9 Å². The number of benzene rings is 1. The second kappa shape index (κ2) is 6.69. The first kappa shape index (κ1) is 16.4. The van der Waals surface area contributed by atoms with Crippen molar-refractivity contribution < 1.29 is 18.4 Å². The fourth-order valence-electron chi connectivity index (χ4n) is 1.81. The highest BCUT2D eigenvalue weighted by Crippen LogP contribution is 2.28. The summed E-state index contributed by atoms with van der Waals surface area (Å²) in [6.45, 7) is 0.837. The van der Waals surface area contributed by atoms with Crippen molar-refractivity contribution in [3.05, 3.63) is 28.8 Å². The molecule has 0 fully saturated rings. The monoisotopic (exact) mass is 309 g/mol. The van der Waals surface area contributed by atoms with E-state index >= 15 is 0 Å². The molecule has 8 heteroatoms. The Labute approximate surface area is 119 Å². The summed E-state index contributed by atoms with van der Waals surface area (Å²) in [5, 5.41) is 11.8. The first-order chi connectivity index (χ1) is 9.28. The summed E-state index contributed by atoms with van der Waals surface area (Å²) in [6, 6.07) is 4.26. The molecule has 0 aliphatic heterocycles. The standard InChI is InChI=1S/C12H15ClF3N3O/c1-2-5-19(7-12(14,15)16)10-4-3-8(13)6-9(10)11(17)18-20/h3-4,6,20H,2,5,7H2,1H3,(H2,17,18). The van der Waals surface area contributed by atoms with Crippen LogP contribution in [0.2, 0.25) is 5.02 Å². The summed E-state index contributed by atoms with van der Waals surface area (Å²) >= 11 is 5.80. The number of rotatable bonds is 5. The van der Waals surface area contributed by atoms with Crippen molar-refractivity contribution in [3.8, 4) is 0 Å². The molecule has 112 valence electrons. The average Bonchev–Trinajstić information content (AvgIpc) is 2.35. The van der Waals surface area contributed by atoms with E-state index in [0.29, 0.717) is 11.4 Å². The molecule has 1 aromatic rings. The van der Waals surface area contributed by atoms with E-state index in [0.717, 1.165) is 4.90 Å². The quantitative estimate of drug-likeness (QED) is 0.380. The third-order valence-corrected chi connectivity index (χ3v) is 2.78. The maximum Gasteiger partial charge on any atom is 0.405 e. The Kier molecular flexibility index (Phi) is 5.50. The maximum atomic E-state index is 12.6. The molecule has 1 rings (SSSR count). The van der Waals surface area contributed by atoms with Crippen molar-refractivity contribution in [2.75, 3.05) is 18.0 Å². The van der Waals surface area contributed by atoms with Crippen molar-refractivity contribution >= 4 is 23.1 Å². The zero-order valence-corrected chi connectivity index (χ0v) is 11.5. The molecule has 0 aromatic heterocycles. The predicted octanol–water partition coefficient (Wildman–Crippen LogP) is 3.21. The lowest BCUT2D eigenvalue weighted by Crippen LogP contribution is -2.36. The Morgan fingerprint density at radius 2 is 2.10 bits per heavy atom. The van der Waals surface area contributed by atoms with Crippen LogP contribution < -0.4 is 10.6 Å². The van der Waals surface area contributed by atoms with Crippen LogP contribution in [0, 0.1) is 0 Å². The lowest BCUT2D eigenvalue weighted by molar-refractivity contribution is -0.119. The van der Waals surface area contributed by atoms with E-state index in [-0.39, 0.29) is 23.6 Å². The molecule has 0 amide bonds. The molecule has 0 radical (unpaired) electrons. The Morgan fingerprint density at radius 1 is 1.45 bits per heavy atom. The number of halogens is 4. The highest BCUT2D eigenvalue weighted by molar-refractivity contribution is 6.31. The molecule has 0 aliphatic carbocycles. The molecular formula is C12H15ClF3N3O. The lowest BCUT2D eigenvalue weighted by Gasteiger charge is -2.27. The molecule has 0 bridgehead atoms. The molecule has 0 saturated heterocycles. The number of hydrogen-bond donors (Lipinski definition) is 2. The van der Waals surface area contributed by atoms with Gasteiger partial charge in [-0.25, -0.2) is 0 Å². The van der Waals surface area contributed by atoms with Crippen LogP contribution in [-0.2, 0) is 0 Å². The van der Waals surface area contributed by atoms with Gasteiger partial charge >= 0.3 is 6.18 Å². The minimum atomic E-state index is -4.35. The predicted molar refractivity (Wildman–Crippen MR) is 72.5 cm³/mol. The SMILES string of the molecule is CCCN(CC(F)(F)F)c1ccc(Cl)cc1C(N)=NO. The summed E-state index contributed by atoms with van der Waals surface area (Å²) in [5.41, 5.74) is 5.89. The summed E-state index contributed by atoms with van der Waals surface area (Å²) in [7, 11) is 0. The second-order valence-electron chi connectivity index (χ2n) is 4.18. The van der Waals surface area contributed by atoms with Crippen molar-refractivity contribution in [1.82, 2.24) is 0 Å². The van der Waals surface area contributed by atoms with E-state index in [9.17, 15) is 13.2 Å². The third kappa shape index (κ3) is 4.48. The highest BCUT2D eigenvalue weighted by Gasteiger charge is 2.31. The lowest BCUT2D eigenvalue weighted by atomic mass is 10.1. The van der Waals surface area contributed by atoms with E-state index in [1.54, 1.807) is 6.92 Å². The molecule has 0 saturated carbocycles. The van der Waals surface area contributed by atoms with E-state index in [4.69, 9.17) is 22.5 Å². The molecule has 0 unspecified atom stereocenters. The number of amidine groups is 1. The normalized spacial score (nSPS) is 12.6. The minimum absolute atomic E-state index is 0.165. The van der Waals surface area contributed by atoms with Crippen molar-refractivity contribution in [3.63, 3.8) is 0 Å². The zero-order chi connectivity index (χ0) is 15.3. The largest absolute Gasteiger partial charge is 0.409 e. The van der Waals surface area contributed by atoms with E-state index in [2.05, 4.69) is 5.16 Å². The van der Waals surface area contributed by atoms with Gasteiger partial charge < -0.3 is 15.8 Å². The summed E-state index contributed by atoms with van der Waals surface area (Å²) in [6.07, 6.45) is -3.83. The smallest absolute Gasteiger partial charge is 0.405 e. The summed E-state index contributed by atoms with van der Waals surface area (Å²) in [5.74, 6) is -0.286. The van der Waals surface area contributed by atoms with Gasteiger partial charge in [0.25, 0.3) is 0 Å². The molecule has 3 N–H and O–H groups in total. The average molecular weight is 310 g/mol. The fourth-order valence-corrected chi connectivity index (χ4v) is 1.99. The second-order valence-corrected chi connectivity index (χ2v) is 4.62. The Bertz CT molecular complexity index is 491. The minimum Gasteiger partial charge on any atom is -0.409 e. The van der Waals surface area contributed by atoms with Crippen LogP contribution in [0.25, 0.3) is 0 Å². The molecule has 20 heavy (non-hydrogen) atoms. The molecule has 0 heterocycles. The van der Waals surface area contributed by atoms with Crippen LogP contribution in [0.15, 0.2) is 23.4 Å². The van der Waals surface area contributed by atoms with Crippen molar-refractivity contribution in [2.45, 2.75) is 19.5 Å². The van der Waals surface area contributed by atoms with Crippen LogP contribution in [0.5, 0.6) is 0 Å². The number of nitrogens with zero attached hydrogens (tertiary/aromatic N) is 2. The number of hydrogen-bond acceptors (Lipinski definition) is 3. The molecule has 0 aliphatic rings. The van der Waals surface area contributed by atoms with Crippen molar-refractivity contribution in [2.24, 2.45) is 10.9 Å². The van der Waals surface area contributed by atoms with Gasteiger partial charge in [0.1, 0.15) is 6.54 Å². The zero-order valence-electron chi connectivity index (χ0n) is 10.8. The van der Waals surface area contributed by atoms with Crippen LogP contribution in [0.4, 0.5) is 18.9 Å². The van der Waals surface area contributed by atoms with Gasteiger partial charge in [0.2, 0.25) is 0 Å². The first-order valence-corrected chi connectivity index (χ1v) is 6.25. The molecule has 0 atom stereocenters. The summed E-state index contributed by atoms with van der Waals surface area (Å²) in [4.78, 5) is 1.13. The highest BCUT2D eigenvalue weighted by atomic mass is 35.5. The fraction of sp³-hybridized carbons (Fsp3) is 0.417. The topological polar surface area (TPSA) is 61.8 Å². The van der Waals surface area contributed by atoms with Gasteiger partial charge in [0.05, 0.1) is 0 Å². The number of alkyl halides is 3. The van der Waals surface area contributed by atoms with Crippen LogP contribution >= 0.6 is 11.6 Å².